The third-order valence-electron chi connectivity index (χ3n) is 2.78. The van der Waals surface area contributed by atoms with E-state index in [1.807, 2.05) is 4.90 Å². The minimum atomic E-state index is 0.226. The Bertz CT molecular complexity index is 186. The normalized spacial score (nSPS) is 21.6. The number of nitrogens with one attached hydrogen (secondary N) is 1. The molecule has 0 aromatic carbocycles. The fraction of sp³-hybridized carbons (Fsp3) is 0.909. The van der Waals surface area contributed by atoms with Gasteiger partial charge in [0.15, 0.2) is 0 Å². The molecule has 1 amide bonds. The van der Waals surface area contributed by atoms with Crippen molar-refractivity contribution in [3.05, 3.63) is 0 Å². The molecule has 1 aliphatic heterocycles. The summed E-state index contributed by atoms with van der Waals surface area (Å²) in [5.41, 5.74) is 0. The zero-order chi connectivity index (χ0) is 10.6. The number of hydrogen-bond acceptors (Lipinski definition) is 2. The standard InChI is InChI=1S/C11H22N2O/c1-4-7-13(9(2)3)11(14)10-5-6-12-8-10/h9-10,12H,4-8H2,1-3H3. The van der Waals surface area contributed by atoms with Crippen molar-refractivity contribution in [3.63, 3.8) is 0 Å². The molecule has 1 heterocycles. The van der Waals surface area contributed by atoms with Crippen LogP contribution in [-0.4, -0.2) is 36.5 Å². The van der Waals surface area contributed by atoms with Crippen molar-refractivity contribution in [1.82, 2.24) is 10.2 Å². The molecule has 1 aliphatic rings. The smallest absolute Gasteiger partial charge is 0.227 e. The van der Waals surface area contributed by atoms with Crippen molar-refractivity contribution in [2.75, 3.05) is 19.6 Å². The van der Waals surface area contributed by atoms with Gasteiger partial charge in [0.1, 0.15) is 0 Å². The summed E-state index contributed by atoms with van der Waals surface area (Å²) in [7, 11) is 0. The Labute approximate surface area is 86.9 Å². The molecule has 1 atom stereocenters. The minimum absolute atomic E-state index is 0.226. The molecule has 3 nitrogen and oxygen atoms in total. The first kappa shape index (κ1) is 11.5. The first-order chi connectivity index (χ1) is 6.66. The van der Waals surface area contributed by atoms with E-state index in [2.05, 4.69) is 26.1 Å². The number of hydrogen-bond donors (Lipinski definition) is 1. The maximum absolute atomic E-state index is 12.1. The van der Waals surface area contributed by atoms with Crippen LogP contribution in [0.2, 0.25) is 0 Å². The summed E-state index contributed by atoms with van der Waals surface area (Å²) in [5.74, 6) is 0.566. The molecule has 0 saturated carbocycles. The number of nitrogens with zero attached hydrogens (tertiary/aromatic N) is 1. The third kappa shape index (κ3) is 2.71. The van der Waals surface area contributed by atoms with Gasteiger partial charge >= 0.3 is 0 Å². The highest BCUT2D eigenvalue weighted by Gasteiger charge is 2.27. The van der Waals surface area contributed by atoms with Crippen molar-refractivity contribution >= 4 is 5.91 Å². The second-order valence-corrected chi connectivity index (χ2v) is 4.32. The van der Waals surface area contributed by atoms with Crippen LogP contribution in [0.25, 0.3) is 0 Å². The van der Waals surface area contributed by atoms with Crippen molar-refractivity contribution in [3.8, 4) is 0 Å². The van der Waals surface area contributed by atoms with Crippen molar-refractivity contribution in [2.45, 2.75) is 39.7 Å². The molecule has 0 spiro atoms. The summed E-state index contributed by atoms with van der Waals surface area (Å²) in [5, 5.41) is 3.24. The molecule has 1 rings (SSSR count). The molecule has 82 valence electrons. The Kier molecular flexibility index (Phi) is 4.39. The molecular weight excluding hydrogens is 176 g/mol. The van der Waals surface area contributed by atoms with E-state index >= 15 is 0 Å². The molecule has 1 saturated heterocycles. The Hall–Kier alpha value is -0.570. The molecule has 3 heteroatoms. The van der Waals surface area contributed by atoms with Gasteiger partial charge in [-0.25, -0.2) is 0 Å². The van der Waals surface area contributed by atoms with Crippen LogP contribution in [0.15, 0.2) is 0 Å². The van der Waals surface area contributed by atoms with E-state index in [9.17, 15) is 4.79 Å². The van der Waals surface area contributed by atoms with Crippen LogP contribution in [0.5, 0.6) is 0 Å². The number of rotatable bonds is 4. The van der Waals surface area contributed by atoms with Gasteiger partial charge in [0, 0.05) is 19.1 Å². The summed E-state index contributed by atoms with van der Waals surface area (Å²) in [6.07, 6.45) is 2.05. The molecule has 0 aliphatic carbocycles. The Morgan fingerprint density at radius 1 is 1.57 bits per heavy atom. The summed E-state index contributed by atoms with van der Waals surface area (Å²) in [6, 6.07) is 0.336. The molecule has 0 bridgehead atoms. The molecule has 14 heavy (non-hydrogen) atoms. The number of amides is 1. The topological polar surface area (TPSA) is 32.3 Å². The summed E-state index contributed by atoms with van der Waals surface area (Å²) in [6.45, 7) is 9.06. The Morgan fingerprint density at radius 2 is 2.29 bits per heavy atom. The van der Waals surface area contributed by atoms with Gasteiger partial charge in [-0.15, -0.1) is 0 Å². The quantitative estimate of drug-likeness (QED) is 0.737. The zero-order valence-corrected chi connectivity index (χ0v) is 9.55. The van der Waals surface area contributed by atoms with Gasteiger partial charge in [-0.2, -0.15) is 0 Å². The average molecular weight is 198 g/mol. The van der Waals surface area contributed by atoms with Gasteiger partial charge in [-0.05, 0) is 33.2 Å². The molecule has 1 unspecified atom stereocenters. The first-order valence-electron chi connectivity index (χ1n) is 5.68. The second kappa shape index (κ2) is 5.35. The highest BCUT2D eigenvalue weighted by atomic mass is 16.2. The second-order valence-electron chi connectivity index (χ2n) is 4.32. The highest BCUT2D eigenvalue weighted by molar-refractivity contribution is 5.79. The predicted octanol–water partition coefficient (Wildman–Crippen LogP) is 1.24. The Morgan fingerprint density at radius 3 is 2.71 bits per heavy atom. The summed E-state index contributed by atoms with van der Waals surface area (Å²) >= 11 is 0. The van der Waals surface area contributed by atoms with E-state index in [1.54, 1.807) is 0 Å². The van der Waals surface area contributed by atoms with Crippen LogP contribution >= 0.6 is 0 Å². The fourth-order valence-corrected chi connectivity index (χ4v) is 1.96. The van der Waals surface area contributed by atoms with Crippen molar-refractivity contribution in [1.29, 1.82) is 0 Å². The summed E-state index contributed by atoms with van der Waals surface area (Å²) < 4.78 is 0. The molecule has 1 fully saturated rings. The molecule has 0 aromatic heterocycles. The van der Waals surface area contributed by atoms with Crippen molar-refractivity contribution < 1.29 is 4.79 Å². The van der Waals surface area contributed by atoms with Crippen LogP contribution in [0.1, 0.15) is 33.6 Å². The van der Waals surface area contributed by atoms with E-state index < -0.39 is 0 Å². The SMILES string of the molecule is CCCN(C(=O)C1CCNC1)C(C)C. The first-order valence-corrected chi connectivity index (χ1v) is 5.68. The number of carbonyl (C=O) groups is 1. The maximum Gasteiger partial charge on any atom is 0.227 e. The fourth-order valence-electron chi connectivity index (χ4n) is 1.96. The third-order valence-corrected chi connectivity index (χ3v) is 2.78. The van der Waals surface area contributed by atoms with Gasteiger partial charge in [-0.3, -0.25) is 4.79 Å². The highest BCUT2D eigenvalue weighted by Crippen LogP contribution is 2.14. The lowest BCUT2D eigenvalue weighted by Gasteiger charge is -2.28. The lowest BCUT2D eigenvalue weighted by Crippen LogP contribution is -2.42. The van der Waals surface area contributed by atoms with E-state index in [1.165, 1.54) is 0 Å². The molecular formula is C11H22N2O. The minimum Gasteiger partial charge on any atom is -0.340 e. The van der Waals surface area contributed by atoms with Gasteiger partial charge in [0.2, 0.25) is 5.91 Å². The van der Waals surface area contributed by atoms with E-state index in [0.29, 0.717) is 11.9 Å². The van der Waals surface area contributed by atoms with E-state index in [4.69, 9.17) is 0 Å². The predicted molar refractivity (Wildman–Crippen MR) is 58.1 cm³/mol. The van der Waals surface area contributed by atoms with Gasteiger partial charge < -0.3 is 10.2 Å². The van der Waals surface area contributed by atoms with Crippen LogP contribution < -0.4 is 5.32 Å². The maximum atomic E-state index is 12.1. The van der Waals surface area contributed by atoms with Crippen LogP contribution in [0.3, 0.4) is 0 Å². The molecule has 1 N–H and O–H groups in total. The number of carbonyl (C=O) groups excluding carboxylic acids is 1. The van der Waals surface area contributed by atoms with Gasteiger partial charge in [-0.1, -0.05) is 6.92 Å². The lowest BCUT2D eigenvalue weighted by atomic mass is 10.1. The lowest BCUT2D eigenvalue weighted by molar-refractivity contribution is -0.136. The Balaban J connectivity index is 2.53. The zero-order valence-electron chi connectivity index (χ0n) is 9.55. The summed E-state index contributed by atoms with van der Waals surface area (Å²) in [4.78, 5) is 14.1. The van der Waals surface area contributed by atoms with E-state index in [-0.39, 0.29) is 5.92 Å². The van der Waals surface area contributed by atoms with Crippen LogP contribution in [0, 0.1) is 5.92 Å². The molecule has 0 aromatic rings. The van der Waals surface area contributed by atoms with Gasteiger partial charge in [0.25, 0.3) is 0 Å². The van der Waals surface area contributed by atoms with E-state index in [0.717, 1.165) is 32.5 Å². The van der Waals surface area contributed by atoms with Crippen molar-refractivity contribution in [2.24, 2.45) is 5.92 Å². The molecule has 0 radical (unpaired) electrons. The average Bonchev–Trinajstić information content (AvgIpc) is 2.65. The van der Waals surface area contributed by atoms with Gasteiger partial charge in [0.05, 0.1) is 5.92 Å². The monoisotopic (exact) mass is 198 g/mol. The largest absolute Gasteiger partial charge is 0.340 e. The van der Waals surface area contributed by atoms with Crippen LogP contribution in [-0.2, 0) is 4.79 Å². The van der Waals surface area contributed by atoms with Crippen LogP contribution in [0.4, 0.5) is 0 Å².